The molecule has 0 bridgehead atoms. The fraction of sp³-hybridized carbons (Fsp3) is 0.259. The predicted octanol–water partition coefficient (Wildman–Crippen LogP) is 5.61. The van der Waals surface area contributed by atoms with Crippen molar-refractivity contribution < 1.29 is 18.7 Å². The van der Waals surface area contributed by atoms with Gasteiger partial charge in [-0.15, -0.1) is 0 Å². The Kier molecular flexibility index (Phi) is 5.76. The maximum Gasteiger partial charge on any atom is 0.297 e. The number of fused-ring (bicyclic) bond motifs is 2. The molecule has 2 aromatic heterocycles. The van der Waals surface area contributed by atoms with Crippen LogP contribution in [0.4, 0.5) is 5.13 Å². The number of benzene rings is 2. The summed E-state index contributed by atoms with van der Waals surface area (Å²) in [6.45, 7) is 7.67. The maximum absolute atomic E-state index is 13.8. The van der Waals surface area contributed by atoms with Crippen LogP contribution >= 0.6 is 11.3 Å². The molecule has 1 aliphatic heterocycles. The molecule has 0 radical (unpaired) electrons. The van der Waals surface area contributed by atoms with Crippen molar-refractivity contribution in [3.63, 3.8) is 0 Å². The Morgan fingerprint density at radius 2 is 1.97 bits per heavy atom. The van der Waals surface area contributed by atoms with E-state index in [2.05, 4.69) is 4.98 Å². The summed E-state index contributed by atoms with van der Waals surface area (Å²) in [6.07, 6.45) is 0.849. The van der Waals surface area contributed by atoms with E-state index in [0.717, 1.165) is 23.3 Å². The first-order valence-electron chi connectivity index (χ1n) is 11.4. The molecule has 0 saturated heterocycles. The third-order valence-corrected chi connectivity index (χ3v) is 7.24. The first-order valence-corrected chi connectivity index (χ1v) is 12.2. The summed E-state index contributed by atoms with van der Waals surface area (Å²) in [5.74, 6) is 0.0464. The van der Waals surface area contributed by atoms with Gasteiger partial charge in [-0.2, -0.15) is 0 Å². The molecule has 7 nitrogen and oxygen atoms in total. The molecule has 3 heterocycles. The van der Waals surface area contributed by atoms with Gasteiger partial charge in [-0.1, -0.05) is 42.0 Å². The number of aromatic nitrogens is 1. The van der Waals surface area contributed by atoms with Crippen molar-refractivity contribution >= 4 is 39.1 Å². The number of anilines is 1. The summed E-state index contributed by atoms with van der Waals surface area (Å²) >= 11 is 1.14. The molecule has 1 amide bonds. The van der Waals surface area contributed by atoms with Crippen LogP contribution in [0, 0.1) is 13.8 Å². The summed E-state index contributed by atoms with van der Waals surface area (Å²) in [7, 11) is 0. The average Bonchev–Trinajstić information content (AvgIpc) is 3.36. The minimum absolute atomic E-state index is 0.00605. The lowest BCUT2D eigenvalue weighted by Crippen LogP contribution is -2.29. The van der Waals surface area contributed by atoms with Gasteiger partial charge in [0.2, 0.25) is 5.76 Å². The average molecular weight is 489 g/mol. The largest absolute Gasteiger partial charge is 0.494 e. The van der Waals surface area contributed by atoms with E-state index in [1.165, 1.54) is 11.8 Å². The van der Waals surface area contributed by atoms with Crippen LogP contribution in [0.5, 0.6) is 5.75 Å². The Balaban J connectivity index is 1.76. The van der Waals surface area contributed by atoms with Crippen LogP contribution in [-0.2, 0) is 0 Å². The standard InChI is InChI=1S/C27H24N2O5S/c1-5-11-33-18-8-6-7-17(13-18)22-21-23(31)19-12-14(2)9-10-20(19)34-24(21)26(32)29(22)27-28-15(3)25(35-27)16(4)30/h6-10,12-13,22H,5,11H2,1-4H3/t22-/m0/s1. The first-order chi connectivity index (χ1) is 16.8. The molecule has 178 valence electrons. The van der Waals surface area contributed by atoms with Gasteiger partial charge in [0.1, 0.15) is 11.3 Å². The van der Waals surface area contributed by atoms with Crippen LogP contribution < -0.4 is 15.1 Å². The van der Waals surface area contributed by atoms with Gasteiger partial charge in [0.05, 0.1) is 34.2 Å². The number of ether oxygens (including phenoxy) is 1. The van der Waals surface area contributed by atoms with Gasteiger partial charge >= 0.3 is 0 Å². The smallest absolute Gasteiger partial charge is 0.297 e. The predicted molar refractivity (Wildman–Crippen MR) is 135 cm³/mol. The second kappa shape index (κ2) is 8.78. The number of carbonyl (C=O) groups is 2. The van der Waals surface area contributed by atoms with Crippen LogP contribution in [0.25, 0.3) is 11.0 Å². The van der Waals surface area contributed by atoms with Crippen molar-refractivity contribution in [1.29, 1.82) is 0 Å². The molecule has 0 unspecified atom stereocenters. The minimum Gasteiger partial charge on any atom is -0.494 e. The number of aryl methyl sites for hydroxylation is 2. The molecular weight excluding hydrogens is 464 g/mol. The Labute approximate surface area is 206 Å². The summed E-state index contributed by atoms with van der Waals surface area (Å²) < 4.78 is 11.8. The molecule has 0 spiro atoms. The molecule has 1 aliphatic rings. The number of hydrogen-bond acceptors (Lipinski definition) is 7. The third-order valence-electron chi connectivity index (χ3n) is 5.98. The maximum atomic E-state index is 13.8. The summed E-state index contributed by atoms with van der Waals surface area (Å²) in [5.41, 5.74) is 2.51. The SMILES string of the molecule is CCCOc1cccc([C@H]2c3c(oc4ccc(C)cc4c3=O)C(=O)N2c2nc(C)c(C(C)=O)s2)c1. The fourth-order valence-corrected chi connectivity index (χ4v) is 5.39. The quantitative estimate of drug-likeness (QED) is 0.328. The zero-order valence-corrected chi connectivity index (χ0v) is 20.7. The number of carbonyl (C=O) groups excluding carboxylic acids is 2. The topological polar surface area (TPSA) is 89.7 Å². The van der Waals surface area contributed by atoms with Gasteiger partial charge in [-0.3, -0.25) is 19.3 Å². The van der Waals surface area contributed by atoms with E-state index >= 15 is 0 Å². The lowest BCUT2D eigenvalue weighted by Gasteiger charge is -2.23. The van der Waals surface area contributed by atoms with Gasteiger partial charge in [0.25, 0.3) is 5.91 Å². The second-order valence-electron chi connectivity index (χ2n) is 8.64. The lowest BCUT2D eigenvalue weighted by atomic mass is 9.98. The molecule has 4 aromatic rings. The van der Waals surface area contributed by atoms with Gasteiger partial charge < -0.3 is 9.15 Å². The molecule has 5 rings (SSSR count). The fourth-order valence-electron chi connectivity index (χ4n) is 4.41. The number of rotatable bonds is 6. The van der Waals surface area contributed by atoms with Crippen molar-refractivity contribution in [2.24, 2.45) is 0 Å². The van der Waals surface area contributed by atoms with Gasteiger partial charge in [-0.05, 0) is 50.1 Å². The van der Waals surface area contributed by atoms with E-state index in [0.29, 0.717) is 44.6 Å². The zero-order chi connectivity index (χ0) is 24.9. The van der Waals surface area contributed by atoms with Crippen LogP contribution in [0.1, 0.15) is 68.9 Å². The van der Waals surface area contributed by atoms with E-state index < -0.39 is 11.9 Å². The van der Waals surface area contributed by atoms with Gasteiger partial charge in [0.15, 0.2) is 16.3 Å². The summed E-state index contributed by atoms with van der Waals surface area (Å²) in [5, 5.41) is 0.759. The molecule has 35 heavy (non-hydrogen) atoms. The highest BCUT2D eigenvalue weighted by Crippen LogP contribution is 2.43. The molecule has 2 aromatic carbocycles. The highest BCUT2D eigenvalue weighted by Gasteiger charge is 2.45. The Morgan fingerprint density at radius 1 is 1.17 bits per heavy atom. The summed E-state index contributed by atoms with van der Waals surface area (Å²) in [4.78, 5) is 46.1. The number of Topliss-reactive ketones (excluding diaryl/α,β-unsaturated/α-hetero) is 1. The molecule has 1 atom stereocenters. The zero-order valence-electron chi connectivity index (χ0n) is 19.9. The third kappa shape index (κ3) is 3.83. The Hall–Kier alpha value is -3.78. The van der Waals surface area contributed by atoms with E-state index in [1.807, 2.05) is 44.2 Å². The number of thiazole rings is 1. The monoisotopic (exact) mass is 488 g/mol. The van der Waals surface area contributed by atoms with E-state index in [-0.39, 0.29) is 22.5 Å². The van der Waals surface area contributed by atoms with Crippen LogP contribution in [0.2, 0.25) is 0 Å². The molecule has 0 fully saturated rings. The highest BCUT2D eigenvalue weighted by molar-refractivity contribution is 7.17. The van der Waals surface area contributed by atoms with Crippen molar-refractivity contribution in [3.05, 3.63) is 85.7 Å². The van der Waals surface area contributed by atoms with E-state index in [4.69, 9.17) is 9.15 Å². The van der Waals surface area contributed by atoms with Crippen molar-refractivity contribution in [2.75, 3.05) is 11.5 Å². The highest BCUT2D eigenvalue weighted by atomic mass is 32.1. The molecule has 8 heteroatoms. The van der Waals surface area contributed by atoms with E-state index in [9.17, 15) is 14.4 Å². The summed E-state index contributed by atoms with van der Waals surface area (Å²) in [6, 6.07) is 11.9. The van der Waals surface area contributed by atoms with Crippen molar-refractivity contribution in [3.8, 4) is 5.75 Å². The van der Waals surface area contributed by atoms with Crippen molar-refractivity contribution in [1.82, 2.24) is 4.98 Å². The van der Waals surface area contributed by atoms with E-state index in [1.54, 1.807) is 19.1 Å². The lowest BCUT2D eigenvalue weighted by molar-refractivity contribution is 0.0969. The number of nitrogens with zero attached hydrogens (tertiary/aromatic N) is 2. The molecule has 0 saturated carbocycles. The number of amides is 1. The number of hydrogen-bond donors (Lipinski definition) is 0. The van der Waals surface area contributed by atoms with Crippen LogP contribution in [-0.4, -0.2) is 23.3 Å². The molecular formula is C27H24N2O5S. The number of ketones is 1. The Morgan fingerprint density at radius 3 is 2.69 bits per heavy atom. The second-order valence-corrected chi connectivity index (χ2v) is 9.62. The van der Waals surface area contributed by atoms with Gasteiger partial charge in [-0.25, -0.2) is 4.98 Å². The van der Waals surface area contributed by atoms with Crippen LogP contribution in [0.15, 0.2) is 51.7 Å². The molecule has 0 N–H and O–H groups in total. The first kappa shape index (κ1) is 23.0. The van der Waals surface area contributed by atoms with Gasteiger partial charge in [0, 0.05) is 6.92 Å². The molecule has 0 aliphatic carbocycles. The minimum atomic E-state index is -0.769. The van der Waals surface area contributed by atoms with Crippen molar-refractivity contribution in [2.45, 2.75) is 40.2 Å². The van der Waals surface area contributed by atoms with Crippen LogP contribution in [0.3, 0.4) is 0 Å². The normalized spacial score (nSPS) is 15.0. The Bertz CT molecular complexity index is 1550.